The van der Waals surface area contributed by atoms with Gasteiger partial charge in [0.2, 0.25) is 0 Å². The maximum atomic E-state index is 11.9. The van der Waals surface area contributed by atoms with Crippen LogP contribution in [0.1, 0.15) is 12.5 Å². The van der Waals surface area contributed by atoms with Crippen molar-refractivity contribution in [2.45, 2.75) is 18.7 Å². The van der Waals surface area contributed by atoms with Crippen molar-refractivity contribution in [1.82, 2.24) is 0 Å². The molecule has 2 aromatic rings. The van der Waals surface area contributed by atoms with Gasteiger partial charge in [0.05, 0.1) is 18.6 Å². The van der Waals surface area contributed by atoms with Gasteiger partial charge in [0, 0.05) is 11.5 Å². The Labute approximate surface area is 113 Å². The van der Waals surface area contributed by atoms with E-state index in [1.807, 2.05) is 25.1 Å². The first-order valence-corrected chi connectivity index (χ1v) is 7.36. The largest absolute Gasteiger partial charge is 0.496 e. The summed E-state index contributed by atoms with van der Waals surface area (Å²) in [5.41, 5.74) is 1.09. The summed E-state index contributed by atoms with van der Waals surface area (Å²) >= 11 is 0. The van der Waals surface area contributed by atoms with E-state index in [0.29, 0.717) is 5.75 Å². The molecule has 0 atom stereocenters. The Morgan fingerprint density at radius 3 is 2.53 bits per heavy atom. The summed E-state index contributed by atoms with van der Waals surface area (Å²) in [6, 6.07) is 8.86. The highest BCUT2D eigenvalue weighted by Gasteiger charge is 2.17. The highest BCUT2D eigenvalue weighted by atomic mass is 32.2. The summed E-state index contributed by atoms with van der Waals surface area (Å²) in [5.74, 6) is 0.527. The molecule has 0 saturated heterocycles. The third-order valence-corrected chi connectivity index (χ3v) is 4.19. The van der Waals surface area contributed by atoms with E-state index in [9.17, 15) is 8.42 Å². The highest BCUT2D eigenvalue weighted by molar-refractivity contribution is 7.86. The van der Waals surface area contributed by atoms with Gasteiger partial charge in [-0.25, -0.2) is 0 Å². The third-order valence-electron chi connectivity index (χ3n) is 2.83. The second-order valence-electron chi connectivity index (χ2n) is 4.21. The quantitative estimate of drug-likeness (QED) is 0.808. The first-order valence-electron chi connectivity index (χ1n) is 5.96. The molecule has 5 heteroatoms. The topological polar surface area (TPSA) is 52.6 Å². The first-order chi connectivity index (χ1) is 8.97. The number of aryl methyl sites for hydroxylation is 1. The molecule has 0 aromatic heterocycles. The zero-order chi connectivity index (χ0) is 14.0. The van der Waals surface area contributed by atoms with Crippen LogP contribution in [-0.2, 0) is 14.3 Å². The fourth-order valence-corrected chi connectivity index (χ4v) is 2.92. The molecule has 0 radical (unpaired) electrons. The van der Waals surface area contributed by atoms with Crippen LogP contribution in [0, 0.1) is 6.92 Å². The number of hydrogen-bond acceptors (Lipinski definition) is 4. The van der Waals surface area contributed by atoms with Crippen LogP contribution in [0.5, 0.6) is 5.75 Å². The van der Waals surface area contributed by atoms with E-state index in [1.54, 1.807) is 13.0 Å². The molecule has 0 aliphatic rings. The SMILES string of the molecule is CCOS(=O)(=O)c1cc(OC)c2cc(C)ccc2c1. The summed E-state index contributed by atoms with van der Waals surface area (Å²) in [6.07, 6.45) is 0. The zero-order valence-corrected chi connectivity index (χ0v) is 12.0. The van der Waals surface area contributed by atoms with Crippen molar-refractivity contribution < 1.29 is 17.3 Å². The van der Waals surface area contributed by atoms with Crippen LogP contribution in [0.4, 0.5) is 0 Å². The number of ether oxygens (including phenoxy) is 1. The number of hydrogen-bond donors (Lipinski definition) is 0. The van der Waals surface area contributed by atoms with Crippen molar-refractivity contribution in [3.63, 3.8) is 0 Å². The fourth-order valence-electron chi connectivity index (χ4n) is 1.95. The van der Waals surface area contributed by atoms with Gasteiger partial charge in [0.1, 0.15) is 5.75 Å². The molecule has 0 unspecified atom stereocenters. The molecule has 0 fully saturated rings. The van der Waals surface area contributed by atoms with Gasteiger partial charge >= 0.3 is 0 Å². The minimum absolute atomic E-state index is 0.108. The van der Waals surface area contributed by atoms with Crippen molar-refractivity contribution in [1.29, 1.82) is 0 Å². The summed E-state index contributed by atoms with van der Waals surface area (Å²) in [4.78, 5) is 0.113. The van der Waals surface area contributed by atoms with E-state index < -0.39 is 10.1 Å². The van der Waals surface area contributed by atoms with Gasteiger partial charge in [0.25, 0.3) is 10.1 Å². The van der Waals surface area contributed by atoms with Crippen LogP contribution in [0.15, 0.2) is 35.2 Å². The predicted molar refractivity (Wildman–Crippen MR) is 74.0 cm³/mol. The lowest BCUT2D eigenvalue weighted by molar-refractivity contribution is 0.337. The van der Waals surface area contributed by atoms with Crippen LogP contribution in [0.2, 0.25) is 0 Å². The molecule has 0 amide bonds. The van der Waals surface area contributed by atoms with E-state index in [4.69, 9.17) is 8.92 Å². The smallest absolute Gasteiger partial charge is 0.297 e. The molecule has 2 aromatic carbocycles. The summed E-state index contributed by atoms with van der Waals surface area (Å²) in [5, 5.41) is 1.70. The molecule has 2 rings (SSSR count). The van der Waals surface area contributed by atoms with Gasteiger partial charge in [-0.05, 0) is 31.4 Å². The third kappa shape index (κ3) is 2.72. The highest BCUT2D eigenvalue weighted by Crippen LogP contribution is 2.30. The van der Waals surface area contributed by atoms with E-state index in [2.05, 4.69) is 0 Å². The molecule has 0 spiro atoms. The average molecular weight is 280 g/mol. The molecule has 0 aliphatic heterocycles. The average Bonchev–Trinajstić information content (AvgIpc) is 2.37. The molecule has 0 bridgehead atoms. The molecule has 0 saturated carbocycles. The van der Waals surface area contributed by atoms with Gasteiger partial charge in [-0.1, -0.05) is 17.7 Å². The van der Waals surface area contributed by atoms with Crippen molar-refractivity contribution in [2.24, 2.45) is 0 Å². The summed E-state index contributed by atoms with van der Waals surface area (Å²) in [7, 11) is -2.20. The summed E-state index contributed by atoms with van der Waals surface area (Å²) < 4.78 is 33.9. The molecular formula is C14H16O4S. The van der Waals surface area contributed by atoms with Crippen LogP contribution >= 0.6 is 0 Å². The molecular weight excluding hydrogens is 264 g/mol. The second-order valence-corrected chi connectivity index (χ2v) is 5.83. The minimum atomic E-state index is -3.72. The standard InChI is InChI=1S/C14H16O4S/c1-4-18-19(15,16)12-8-11-6-5-10(2)7-13(11)14(9-12)17-3/h5-9H,4H2,1-3H3. The number of fused-ring (bicyclic) bond motifs is 1. The van der Waals surface area contributed by atoms with Gasteiger partial charge < -0.3 is 4.74 Å². The number of benzene rings is 2. The lowest BCUT2D eigenvalue weighted by Gasteiger charge is -2.10. The van der Waals surface area contributed by atoms with Gasteiger partial charge in [0.15, 0.2) is 0 Å². The van der Waals surface area contributed by atoms with Crippen molar-refractivity contribution >= 4 is 20.9 Å². The Kier molecular flexibility index (Phi) is 3.78. The van der Waals surface area contributed by atoms with Crippen LogP contribution < -0.4 is 4.74 Å². The molecule has 19 heavy (non-hydrogen) atoms. The van der Waals surface area contributed by atoms with E-state index >= 15 is 0 Å². The van der Waals surface area contributed by atoms with Crippen LogP contribution in [0.3, 0.4) is 0 Å². The molecule has 102 valence electrons. The second kappa shape index (κ2) is 5.19. The Bertz CT molecular complexity index is 705. The van der Waals surface area contributed by atoms with Gasteiger partial charge in [-0.3, -0.25) is 4.18 Å². The van der Waals surface area contributed by atoms with Gasteiger partial charge in [-0.15, -0.1) is 0 Å². The molecule has 4 nitrogen and oxygen atoms in total. The lowest BCUT2D eigenvalue weighted by Crippen LogP contribution is -2.06. The monoisotopic (exact) mass is 280 g/mol. The Morgan fingerprint density at radius 2 is 1.89 bits per heavy atom. The van der Waals surface area contributed by atoms with Crippen LogP contribution in [-0.4, -0.2) is 22.1 Å². The number of methoxy groups -OCH3 is 1. The van der Waals surface area contributed by atoms with Crippen molar-refractivity contribution in [2.75, 3.05) is 13.7 Å². The Balaban J connectivity index is 2.70. The lowest BCUT2D eigenvalue weighted by atomic mass is 10.1. The van der Waals surface area contributed by atoms with Crippen LogP contribution in [0.25, 0.3) is 10.8 Å². The van der Waals surface area contributed by atoms with E-state index in [0.717, 1.165) is 16.3 Å². The molecule has 0 heterocycles. The Morgan fingerprint density at radius 1 is 1.16 bits per heavy atom. The predicted octanol–water partition coefficient (Wildman–Crippen LogP) is 2.88. The molecule has 0 N–H and O–H groups in total. The van der Waals surface area contributed by atoms with E-state index in [-0.39, 0.29) is 11.5 Å². The Hall–Kier alpha value is -1.59. The van der Waals surface area contributed by atoms with Gasteiger partial charge in [-0.2, -0.15) is 8.42 Å². The normalized spacial score (nSPS) is 11.7. The first kappa shape index (κ1) is 13.8. The minimum Gasteiger partial charge on any atom is -0.496 e. The number of rotatable bonds is 4. The van der Waals surface area contributed by atoms with E-state index in [1.165, 1.54) is 13.2 Å². The fraction of sp³-hybridized carbons (Fsp3) is 0.286. The maximum absolute atomic E-state index is 11.9. The maximum Gasteiger partial charge on any atom is 0.297 e. The van der Waals surface area contributed by atoms with Crippen molar-refractivity contribution in [3.05, 3.63) is 35.9 Å². The van der Waals surface area contributed by atoms with Crippen molar-refractivity contribution in [3.8, 4) is 5.75 Å². The summed E-state index contributed by atoms with van der Waals surface area (Å²) in [6.45, 7) is 3.72. The molecule has 0 aliphatic carbocycles. The zero-order valence-electron chi connectivity index (χ0n) is 11.1.